The molecular formula is C27H28N2O3. The van der Waals surface area contributed by atoms with Gasteiger partial charge < -0.3 is 14.6 Å². The van der Waals surface area contributed by atoms with Gasteiger partial charge in [0.1, 0.15) is 23.9 Å². The fourth-order valence-corrected chi connectivity index (χ4v) is 4.59. The average molecular weight is 429 g/mol. The number of ether oxygens (including phenoxy) is 2. The Kier molecular flexibility index (Phi) is 5.82. The van der Waals surface area contributed by atoms with E-state index in [2.05, 4.69) is 17.9 Å². The molecule has 2 aliphatic rings. The molecule has 164 valence electrons. The van der Waals surface area contributed by atoms with Crippen molar-refractivity contribution in [3.63, 3.8) is 0 Å². The molecule has 0 aliphatic carbocycles. The Morgan fingerprint density at radius 1 is 1.06 bits per heavy atom. The molecule has 2 aliphatic heterocycles. The average Bonchev–Trinajstić information content (AvgIpc) is 3.33. The molecule has 5 heteroatoms. The van der Waals surface area contributed by atoms with E-state index in [9.17, 15) is 5.11 Å². The van der Waals surface area contributed by atoms with Crippen LogP contribution in [0.4, 0.5) is 0 Å². The first kappa shape index (κ1) is 20.6. The van der Waals surface area contributed by atoms with Gasteiger partial charge in [-0.3, -0.25) is 9.88 Å². The summed E-state index contributed by atoms with van der Waals surface area (Å²) in [6.45, 7) is 6.06. The summed E-state index contributed by atoms with van der Waals surface area (Å²) < 4.78 is 12.4. The number of likely N-dealkylation sites (tertiary alicyclic amines) is 1. The number of phenols is 1. The Morgan fingerprint density at radius 3 is 2.69 bits per heavy atom. The highest BCUT2D eigenvalue weighted by atomic mass is 16.5. The van der Waals surface area contributed by atoms with Crippen LogP contribution in [0.15, 0.2) is 66.9 Å². The molecule has 32 heavy (non-hydrogen) atoms. The van der Waals surface area contributed by atoms with Crippen molar-refractivity contribution < 1.29 is 14.6 Å². The van der Waals surface area contributed by atoms with E-state index >= 15 is 0 Å². The van der Waals surface area contributed by atoms with Crippen molar-refractivity contribution in [3.8, 4) is 17.2 Å². The number of allylic oxidation sites excluding steroid dienone is 1. The minimum absolute atomic E-state index is 0.232. The second-order valence-electron chi connectivity index (χ2n) is 8.40. The Bertz CT molecular complexity index is 1120. The zero-order valence-electron chi connectivity index (χ0n) is 18.3. The number of nitrogens with zero attached hydrogens (tertiary/aromatic N) is 2. The molecule has 5 nitrogen and oxygen atoms in total. The Hall–Kier alpha value is -3.31. The van der Waals surface area contributed by atoms with E-state index in [0.29, 0.717) is 6.61 Å². The number of phenolic OH excluding ortho intramolecular Hbond substituents is 1. The van der Waals surface area contributed by atoms with Crippen LogP contribution in [0.5, 0.6) is 17.2 Å². The van der Waals surface area contributed by atoms with E-state index in [0.717, 1.165) is 46.0 Å². The number of rotatable bonds is 6. The maximum absolute atomic E-state index is 10.1. The zero-order chi connectivity index (χ0) is 21.9. The Morgan fingerprint density at radius 2 is 1.91 bits per heavy atom. The van der Waals surface area contributed by atoms with Crippen molar-refractivity contribution in [1.82, 2.24) is 9.88 Å². The Balaban J connectivity index is 1.41. The summed E-state index contributed by atoms with van der Waals surface area (Å²) in [4.78, 5) is 7.13. The summed E-state index contributed by atoms with van der Waals surface area (Å²) in [5.74, 6) is 1.84. The normalized spacial score (nSPS) is 18.3. The van der Waals surface area contributed by atoms with Crippen LogP contribution in [-0.2, 0) is 0 Å². The fraction of sp³-hybridized carbons (Fsp3) is 0.296. The van der Waals surface area contributed by atoms with Gasteiger partial charge in [-0.1, -0.05) is 30.3 Å². The number of fused-ring (bicyclic) bond motifs is 1. The molecule has 3 heterocycles. The van der Waals surface area contributed by atoms with Crippen LogP contribution in [0.3, 0.4) is 0 Å². The smallest absolute Gasteiger partial charge is 0.166 e. The first-order valence-corrected chi connectivity index (χ1v) is 11.3. The molecule has 1 N–H and O–H groups in total. The van der Waals surface area contributed by atoms with Gasteiger partial charge in [0.25, 0.3) is 0 Å². The SMILES string of the molecule is CC1=C(c2cccc(O)c2)C(c2ccc(OCCN3CCCC3)cn2)Oc2ccccc21. The highest BCUT2D eigenvalue weighted by molar-refractivity contribution is 5.95. The maximum atomic E-state index is 10.1. The lowest BCUT2D eigenvalue weighted by molar-refractivity contribution is 0.236. The van der Waals surface area contributed by atoms with Crippen LogP contribution in [0.25, 0.3) is 11.1 Å². The summed E-state index contributed by atoms with van der Waals surface area (Å²) in [7, 11) is 0. The zero-order valence-corrected chi connectivity index (χ0v) is 18.3. The molecular weight excluding hydrogens is 400 g/mol. The minimum Gasteiger partial charge on any atom is -0.508 e. The van der Waals surface area contributed by atoms with Crippen molar-refractivity contribution >= 4 is 11.1 Å². The number of aromatic nitrogens is 1. The van der Waals surface area contributed by atoms with Crippen molar-refractivity contribution in [2.75, 3.05) is 26.2 Å². The van der Waals surface area contributed by atoms with Gasteiger partial charge in [-0.2, -0.15) is 0 Å². The predicted molar refractivity (Wildman–Crippen MR) is 126 cm³/mol. The van der Waals surface area contributed by atoms with Gasteiger partial charge in [0.15, 0.2) is 6.10 Å². The third-order valence-electron chi connectivity index (χ3n) is 6.26. The van der Waals surface area contributed by atoms with Gasteiger partial charge in [-0.05, 0) is 74.3 Å². The molecule has 1 aromatic heterocycles. The Labute approximate surface area is 188 Å². The lowest BCUT2D eigenvalue weighted by atomic mass is 9.87. The second-order valence-corrected chi connectivity index (χ2v) is 8.40. The fourth-order valence-electron chi connectivity index (χ4n) is 4.59. The summed E-state index contributed by atoms with van der Waals surface area (Å²) in [6, 6.07) is 19.3. The molecule has 3 aromatic rings. The molecule has 1 atom stereocenters. The quantitative estimate of drug-likeness (QED) is 0.575. The summed E-state index contributed by atoms with van der Waals surface area (Å²) in [5.41, 5.74) is 4.92. The third kappa shape index (κ3) is 4.21. The lowest BCUT2D eigenvalue weighted by Gasteiger charge is -2.30. The van der Waals surface area contributed by atoms with Gasteiger partial charge in [0.05, 0.1) is 11.9 Å². The number of hydrogen-bond acceptors (Lipinski definition) is 5. The predicted octanol–water partition coefficient (Wildman–Crippen LogP) is 5.33. The molecule has 0 amide bonds. The summed E-state index contributed by atoms with van der Waals surface area (Å²) in [5, 5.41) is 10.1. The molecule has 1 fully saturated rings. The molecule has 0 radical (unpaired) electrons. The largest absolute Gasteiger partial charge is 0.508 e. The van der Waals surface area contributed by atoms with Crippen molar-refractivity contribution in [2.45, 2.75) is 25.9 Å². The van der Waals surface area contributed by atoms with E-state index in [-0.39, 0.29) is 11.9 Å². The maximum Gasteiger partial charge on any atom is 0.166 e. The van der Waals surface area contributed by atoms with E-state index < -0.39 is 0 Å². The van der Waals surface area contributed by atoms with Gasteiger partial charge in [0, 0.05) is 17.7 Å². The van der Waals surface area contributed by atoms with E-state index in [1.165, 1.54) is 25.9 Å². The minimum atomic E-state index is -0.370. The van der Waals surface area contributed by atoms with Crippen LogP contribution in [-0.4, -0.2) is 41.2 Å². The third-order valence-corrected chi connectivity index (χ3v) is 6.26. The molecule has 2 aromatic carbocycles. The van der Waals surface area contributed by atoms with Gasteiger partial charge in [-0.25, -0.2) is 0 Å². The molecule has 5 rings (SSSR count). The second kappa shape index (κ2) is 9.05. The van der Waals surface area contributed by atoms with Gasteiger partial charge in [-0.15, -0.1) is 0 Å². The monoisotopic (exact) mass is 428 g/mol. The number of hydrogen-bond donors (Lipinski definition) is 1. The molecule has 0 saturated carbocycles. The number of benzene rings is 2. The van der Waals surface area contributed by atoms with E-state index in [1.54, 1.807) is 18.3 Å². The highest BCUT2D eigenvalue weighted by Crippen LogP contribution is 2.46. The van der Waals surface area contributed by atoms with Crippen LogP contribution < -0.4 is 9.47 Å². The van der Waals surface area contributed by atoms with Crippen molar-refractivity contribution in [3.05, 3.63) is 83.7 Å². The van der Waals surface area contributed by atoms with Gasteiger partial charge in [0.2, 0.25) is 0 Å². The van der Waals surface area contributed by atoms with Gasteiger partial charge >= 0.3 is 0 Å². The molecule has 0 bridgehead atoms. The summed E-state index contributed by atoms with van der Waals surface area (Å²) >= 11 is 0. The van der Waals surface area contributed by atoms with E-state index in [4.69, 9.17) is 14.5 Å². The molecule has 1 unspecified atom stereocenters. The van der Waals surface area contributed by atoms with Crippen molar-refractivity contribution in [2.24, 2.45) is 0 Å². The number of pyridine rings is 1. The van der Waals surface area contributed by atoms with Crippen molar-refractivity contribution in [1.29, 1.82) is 0 Å². The standard InChI is InChI=1S/C27H28N2O3/c1-19-23-9-2-3-10-25(23)32-27(26(19)20-7-6-8-21(30)17-20)24-12-11-22(18-28-24)31-16-15-29-13-4-5-14-29/h2-3,6-12,17-18,27,30H,4-5,13-16H2,1H3. The molecule has 0 spiro atoms. The van der Waals surface area contributed by atoms with Crippen LogP contribution in [0.2, 0.25) is 0 Å². The van der Waals surface area contributed by atoms with Crippen LogP contribution in [0.1, 0.15) is 42.7 Å². The van der Waals surface area contributed by atoms with Crippen LogP contribution in [0, 0.1) is 0 Å². The molecule has 1 saturated heterocycles. The number of para-hydroxylation sites is 1. The topological polar surface area (TPSA) is 54.8 Å². The lowest BCUT2D eigenvalue weighted by Crippen LogP contribution is -2.25. The first-order chi connectivity index (χ1) is 15.7. The highest BCUT2D eigenvalue weighted by Gasteiger charge is 2.30. The summed E-state index contributed by atoms with van der Waals surface area (Å²) in [6.07, 6.45) is 3.98. The first-order valence-electron chi connectivity index (χ1n) is 11.3. The van der Waals surface area contributed by atoms with E-state index in [1.807, 2.05) is 42.5 Å². The number of aromatic hydroxyl groups is 1. The van der Waals surface area contributed by atoms with Crippen LogP contribution >= 0.6 is 0 Å².